The van der Waals surface area contributed by atoms with Crippen LogP contribution >= 0.6 is 11.8 Å². The fourth-order valence-electron chi connectivity index (χ4n) is 4.40. The van der Waals surface area contributed by atoms with Gasteiger partial charge in [-0.2, -0.15) is 5.26 Å². The Labute approximate surface area is 192 Å². The van der Waals surface area contributed by atoms with Crippen LogP contribution in [0.5, 0.6) is 0 Å². The van der Waals surface area contributed by atoms with E-state index < -0.39 is 0 Å². The predicted octanol–water partition coefficient (Wildman–Crippen LogP) is 4.50. The van der Waals surface area contributed by atoms with Gasteiger partial charge in [-0.1, -0.05) is 24.6 Å². The molecular formula is C23H27N7OS. The Morgan fingerprint density at radius 2 is 1.97 bits per heavy atom. The van der Waals surface area contributed by atoms with Gasteiger partial charge in [0.2, 0.25) is 5.91 Å². The molecule has 3 aromatic rings. The van der Waals surface area contributed by atoms with Crippen molar-refractivity contribution in [1.29, 1.82) is 5.26 Å². The smallest absolute Gasteiger partial charge is 0.235 e. The van der Waals surface area contributed by atoms with Gasteiger partial charge >= 0.3 is 0 Å². The summed E-state index contributed by atoms with van der Waals surface area (Å²) < 4.78 is 4.16. The summed E-state index contributed by atoms with van der Waals surface area (Å²) in [6.07, 6.45) is 7.96. The van der Waals surface area contributed by atoms with E-state index in [1.807, 2.05) is 37.5 Å². The van der Waals surface area contributed by atoms with Crippen molar-refractivity contribution in [3.05, 3.63) is 41.3 Å². The second-order valence-corrected chi connectivity index (χ2v) is 8.92. The number of nitrogens with zero attached hydrogens (tertiary/aromatic N) is 6. The zero-order valence-corrected chi connectivity index (χ0v) is 19.4. The van der Waals surface area contributed by atoms with E-state index in [0.29, 0.717) is 29.1 Å². The first kappa shape index (κ1) is 22.1. The predicted molar refractivity (Wildman–Crippen MR) is 124 cm³/mol. The first-order valence-corrected chi connectivity index (χ1v) is 11.9. The number of thioether (sulfide) groups is 1. The lowest BCUT2D eigenvalue weighted by Crippen LogP contribution is -2.20. The summed E-state index contributed by atoms with van der Waals surface area (Å²) in [6.45, 7) is 6.70. The number of nitrogens with one attached hydrogen (secondary N) is 1. The van der Waals surface area contributed by atoms with Crippen LogP contribution in [0.15, 0.2) is 29.7 Å². The Balaban J connectivity index is 1.52. The summed E-state index contributed by atoms with van der Waals surface area (Å²) in [5.41, 5.74) is 3.49. The molecule has 1 N–H and O–H groups in total. The molecule has 0 unspecified atom stereocenters. The van der Waals surface area contributed by atoms with Crippen molar-refractivity contribution in [2.75, 3.05) is 11.1 Å². The number of anilines is 1. The van der Waals surface area contributed by atoms with E-state index >= 15 is 0 Å². The maximum Gasteiger partial charge on any atom is 0.235 e. The number of hydrogen-bond acceptors (Lipinski definition) is 6. The first-order valence-electron chi connectivity index (χ1n) is 10.9. The van der Waals surface area contributed by atoms with Gasteiger partial charge in [-0.3, -0.25) is 9.78 Å². The molecule has 1 aliphatic rings. The minimum absolute atomic E-state index is 0.153. The monoisotopic (exact) mass is 449 g/mol. The standard InChI is InChI=1S/C23H27N7OS/c1-4-29-21(17-9-11-25-12-10-17)27-28-23(29)32-14-20(31)26-22-19(13-24)15(2)16(3)30(22)18-7-5-6-8-18/h9-12,18H,4-8,14H2,1-3H3,(H,26,31). The second-order valence-electron chi connectivity index (χ2n) is 7.98. The Hall–Kier alpha value is -3.12. The Morgan fingerprint density at radius 1 is 1.25 bits per heavy atom. The van der Waals surface area contributed by atoms with Crippen LogP contribution in [-0.2, 0) is 11.3 Å². The highest BCUT2D eigenvalue weighted by Gasteiger charge is 2.27. The van der Waals surface area contributed by atoms with Crippen LogP contribution in [0.4, 0.5) is 5.82 Å². The minimum atomic E-state index is -0.153. The van der Waals surface area contributed by atoms with E-state index in [1.165, 1.54) is 24.6 Å². The number of nitriles is 1. The average molecular weight is 450 g/mol. The molecule has 0 spiro atoms. The molecule has 166 valence electrons. The summed E-state index contributed by atoms with van der Waals surface area (Å²) >= 11 is 1.35. The van der Waals surface area contributed by atoms with Crippen LogP contribution < -0.4 is 5.32 Å². The van der Waals surface area contributed by atoms with Gasteiger partial charge in [-0.05, 0) is 51.3 Å². The minimum Gasteiger partial charge on any atom is -0.327 e. The fourth-order valence-corrected chi connectivity index (χ4v) is 5.20. The maximum atomic E-state index is 12.9. The van der Waals surface area contributed by atoms with Gasteiger partial charge in [0.1, 0.15) is 11.9 Å². The second kappa shape index (κ2) is 9.57. The highest BCUT2D eigenvalue weighted by atomic mass is 32.2. The molecule has 8 nitrogen and oxygen atoms in total. The normalized spacial score (nSPS) is 13.9. The van der Waals surface area contributed by atoms with E-state index in [-0.39, 0.29) is 11.7 Å². The van der Waals surface area contributed by atoms with Gasteiger partial charge in [-0.25, -0.2) is 0 Å². The lowest BCUT2D eigenvalue weighted by molar-refractivity contribution is -0.113. The van der Waals surface area contributed by atoms with Crippen molar-refractivity contribution in [2.45, 2.75) is 64.2 Å². The van der Waals surface area contributed by atoms with Gasteiger partial charge < -0.3 is 14.5 Å². The summed E-state index contributed by atoms with van der Waals surface area (Å²) in [6, 6.07) is 6.41. The molecule has 1 saturated carbocycles. The molecule has 4 rings (SSSR count). The summed E-state index contributed by atoms with van der Waals surface area (Å²) in [5, 5.41) is 22.1. The number of carbonyl (C=O) groups excluding carboxylic acids is 1. The van der Waals surface area contributed by atoms with Crippen LogP contribution in [0, 0.1) is 25.2 Å². The van der Waals surface area contributed by atoms with Crippen molar-refractivity contribution in [2.24, 2.45) is 0 Å². The number of pyridine rings is 1. The SMILES string of the molecule is CCn1c(SCC(=O)Nc2c(C#N)c(C)c(C)n2C2CCCC2)nnc1-c1ccncc1. The molecule has 3 aromatic heterocycles. The van der Waals surface area contributed by atoms with E-state index in [9.17, 15) is 10.1 Å². The zero-order chi connectivity index (χ0) is 22.7. The maximum absolute atomic E-state index is 12.9. The molecule has 0 atom stereocenters. The average Bonchev–Trinajstić information content (AvgIpc) is 3.52. The van der Waals surface area contributed by atoms with Gasteiger partial charge in [0.25, 0.3) is 0 Å². The number of aromatic nitrogens is 5. The van der Waals surface area contributed by atoms with E-state index in [1.54, 1.807) is 12.4 Å². The van der Waals surface area contributed by atoms with Crippen molar-refractivity contribution >= 4 is 23.5 Å². The highest BCUT2D eigenvalue weighted by Crippen LogP contribution is 2.37. The van der Waals surface area contributed by atoms with E-state index in [0.717, 1.165) is 35.5 Å². The zero-order valence-electron chi connectivity index (χ0n) is 18.6. The number of rotatable bonds is 7. The Kier molecular flexibility index (Phi) is 6.61. The Morgan fingerprint density at radius 3 is 2.62 bits per heavy atom. The lowest BCUT2D eigenvalue weighted by atomic mass is 10.2. The Bertz CT molecular complexity index is 1150. The number of carbonyl (C=O) groups is 1. The molecule has 1 aliphatic carbocycles. The summed E-state index contributed by atoms with van der Waals surface area (Å²) in [4.78, 5) is 16.9. The molecule has 0 radical (unpaired) electrons. The first-order chi connectivity index (χ1) is 15.5. The van der Waals surface area contributed by atoms with Gasteiger partial charge in [-0.15, -0.1) is 10.2 Å². The number of hydrogen-bond donors (Lipinski definition) is 1. The largest absolute Gasteiger partial charge is 0.327 e. The van der Waals surface area contributed by atoms with E-state index in [2.05, 4.69) is 31.1 Å². The summed E-state index contributed by atoms with van der Waals surface area (Å²) in [7, 11) is 0. The van der Waals surface area contributed by atoms with Gasteiger partial charge in [0.15, 0.2) is 11.0 Å². The molecule has 9 heteroatoms. The third kappa shape index (κ3) is 4.15. The fraction of sp³-hybridized carbons (Fsp3) is 0.435. The van der Waals surface area contributed by atoms with Gasteiger partial charge in [0.05, 0.1) is 11.3 Å². The van der Waals surface area contributed by atoms with Crippen LogP contribution in [0.2, 0.25) is 0 Å². The highest BCUT2D eigenvalue weighted by molar-refractivity contribution is 7.99. The van der Waals surface area contributed by atoms with Crippen molar-refractivity contribution in [3.8, 4) is 17.5 Å². The van der Waals surface area contributed by atoms with Crippen LogP contribution in [0.25, 0.3) is 11.4 Å². The third-order valence-corrected chi connectivity index (χ3v) is 7.09. The van der Waals surface area contributed by atoms with Crippen LogP contribution in [-0.4, -0.2) is 36.0 Å². The van der Waals surface area contributed by atoms with Gasteiger partial charge in [0, 0.05) is 36.2 Å². The molecule has 0 saturated heterocycles. The third-order valence-electron chi connectivity index (χ3n) is 6.12. The molecule has 0 bridgehead atoms. The molecule has 0 aliphatic heterocycles. The molecule has 1 fully saturated rings. The van der Waals surface area contributed by atoms with Crippen molar-refractivity contribution < 1.29 is 4.79 Å². The summed E-state index contributed by atoms with van der Waals surface area (Å²) in [5.74, 6) is 1.42. The van der Waals surface area contributed by atoms with Crippen molar-refractivity contribution in [3.63, 3.8) is 0 Å². The molecule has 3 heterocycles. The number of amides is 1. The van der Waals surface area contributed by atoms with Crippen LogP contribution in [0.1, 0.15) is 55.5 Å². The molecule has 0 aromatic carbocycles. The molecule has 1 amide bonds. The molecular weight excluding hydrogens is 422 g/mol. The quantitative estimate of drug-likeness (QED) is 0.533. The van der Waals surface area contributed by atoms with E-state index in [4.69, 9.17) is 0 Å². The van der Waals surface area contributed by atoms with Crippen molar-refractivity contribution in [1.82, 2.24) is 24.3 Å². The lowest BCUT2D eigenvalue weighted by Gasteiger charge is -2.19. The topological polar surface area (TPSA) is 101 Å². The molecule has 32 heavy (non-hydrogen) atoms. The van der Waals surface area contributed by atoms with Crippen LogP contribution in [0.3, 0.4) is 0 Å².